The number of nitrogens with two attached hydrogens (primary N) is 1. The van der Waals surface area contributed by atoms with Gasteiger partial charge in [-0.15, -0.1) is 24.0 Å². The minimum Gasteiger partial charge on any atom is -0.370 e. The van der Waals surface area contributed by atoms with Crippen LogP contribution in [0.15, 0.2) is 78.3 Å². The first kappa shape index (κ1) is 20.0. The molecule has 3 rings (SSSR count). The van der Waals surface area contributed by atoms with Crippen LogP contribution in [0.2, 0.25) is 0 Å². The lowest BCUT2D eigenvalue weighted by atomic mass is 10.1. The average molecular weight is 461 g/mol. The average Bonchev–Trinajstić information content (AvgIpc) is 3.15. The third-order valence-corrected chi connectivity index (χ3v) is 3.94. The van der Waals surface area contributed by atoms with Crippen LogP contribution in [0.3, 0.4) is 0 Å². The molecule has 5 nitrogen and oxygen atoms in total. The lowest BCUT2D eigenvalue weighted by molar-refractivity contribution is 0.796. The van der Waals surface area contributed by atoms with Crippen LogP contribution in [0, 0.1) is 0 Å². The molecular formula is C20H24IN5. The lowest BCUT2D eigenvalue weighted by Crippen LogP contribution is -2.33. The van der Waals surface area contributed by atoms with E-state index in [1.807, 2.05) is 35.3 Å². The van der Waals surface area contributed by atoms with Gasteiger partial charge in [-0.3, -0.25) is 0 Å². The second kappa shape index (κ2) is 10.6. The zero-order valence-electron chi connectivity index (χ0n) is 14.6. The van der Waals surface area contributed by atoms with Crippen molar-refractivity contribution in [2.45, 2.75) is 19.5 Å². The van der Waals surface area contributed by atoms with Gasteiger partial charge in [-0.05, 0) is 23.1 Å². The standard InChI is InChI=1S/C20H23N5.HI/c21-20(23-11-10-17-4-2-1-3-5-17)24-14-18-6-8-19(9-7-18)15-25-13-12-22-16-25;/h1-9,12-13,16H,10-11,14-15H2,(H3,21,23,24);1H. The first-order valence-electron chi connectivity index (χ1n) is 8.41. The summed E-state index contributed by atoms with van der Waals surface area (Å²) < 4.78 is 2.04. The highest BCUT2D eigenvalue weighted by atomic mass is 127. The van der Waals surface area contributed by atoms with Crippen LogP contribution in [-0.2, 0) is 19.5 Å². The molecule has 136 valence electrons. The van der Waals surface area contributed by atoms with Crippen LogP contribution in [0.5, 0.6) is 0 Å². The summed E-state index contributed by atoms with van der Waals surface area (Å²) in [6, 6.07) is 18.7. The second-order valence-corrected chi connectivity index (χ2v) is 5.92. The Balaban J connectivity index is 0.00000243. The maximum Gasteiger partial charge on any atom is 0.188 e. The Morgan fingerprint density at radius 3 is 2.42 bits per heavy atom. The van der Waals surface area contributed by atoms with Gasteiger partial charge in [0, 0.05) is 25.5 Å². The first-order chi connectivity index (χ1) is 12.3. The molecule has 0 aliphatic heterocycles. The van der Waals surface area contributed by atoms with Crippen molar-refractivity contribution in [1.29, 1.82) is 0 Å². The minimum atomic E-state index is 0. The maximum atomic E-state index is 5.93. The van der Waals surface area contributed by atoms with E-state index in [9.17, 15) is 0 Å². The number of guanidine groups is 1. The van der Waals surface area contributed by atoms with E-state index in [1.165, 1.54) is 11.1 Å². The maximum absolute atomic E-state index is 5.93. The number of imidazole rings is 1. The van der Waals surface area contributed by atoms with Crippen molar-refractivity contribution >= 4 is 29.9 Å². The van der Waals surface area contributed by atoms with E-state index in [1.54, 1.807) is 6.20 Å². The van der Waals surface area contributed by atoms with E-state index in [2.05, 4.69) is 51.7 Å². The summed E-state index contributed by atoms with van der Waals surface area (Å²) in [6.07, 6.45) is 6.50. The van der Waals surface area contributed by atoms with Crippen molar-refractivity contribution in [3.8, 4) is 0 Å². The molecule has 0 saturated heterocycles. The summed E-state index contributed by atoms with van der Waals surface area (Å²) in [4.78, 5) is 8.45. The van der Waals surface area contributed by atoms with Gasteiger partial charge in [-0.1, -0.05) is 54.6 Å². The van der Waals surface area contributed by atoms with E-state index in [0.717, 1.165) is 25.1 Å². The molecule has 26 heavy (non-hydrogen) atoms. The molecule has 2 aromatic carbocycles. The largest absolute Gasteiger partial charge is 0.370 e. The summed E-state index contributed by atoms with van der Waals surface area (Å²) in [6.45, 7) is 2.19. The highest BCUT2D eigenvalue weighted by Crippen LogP contribution is 2.07. The monoisotopic (exact) mass is 461 g/mol. The quantitative estimate of drug-likeness (QED) is 0.323. The molecule has 0 amide bonds. The summed E-state index contributed by atoms with van der Waals surface area (Å²) >= 11 is 0. The fourth-order valence-electron chi connectivity index (χ4n) is 2.55. The summed E-state index contributed by atoms with van der Waals surface area (Å²) in [5.41, 5.74) is 9.60. The zero-order valence-corrected chi connectivity index (χ0v) is 16.9. The number of hydrogen-bond donors (Lipinski definition) is 2. The minimum absolute atomic E-state index is 0. The zero-order chi connectivity index (χ0) is 17.3. The van der Waals surface area contributed by atoms with Gasteiger partial charge in [0.05, 0.1) is 12.9 Å². The van der Waals surface area contributed by atoms with Gasteiger partial charge >= 0.3 is 0 Å². The van der Waals surface area contributed by atoms with Gasteiger partial charge in [0.25, 0.3) is 0 Å². The molecule has 0 aliphatic carbocycles. The summed E-state index contributed by atoms with van der Waals surface area (Å²) in [5, 5.41) is 3.16. The second-order valence-electron chi connectivity index (χ2n) is 5.92. The van der Waals surface area contributed by atoms with Gasteiger partial charge < -0.3 is 15.6 Å². The van der Waals surface area contributed by atoms with Crippen molar-refractivity contribution in [1.82, 2.24) is 14.9 Å². The normalized spacial score (nSPS) is 11.0. The number of nitrogens with zero attached hydrogens (tertiary/aromatic N) is 3. The fourth-order valence-corrected chi connectivity index (χ4v) is 2.55. The molecule has 1 heterocycles. The number of benzene rings is 2. The lowest BCUT2D eigenvalue weighted by Gasteiger charge is -2.06. The molecule has 0 atom stereocenters. The number of rotatable bonds is 7. The number of nitrogens with one attached hydrogen (secondary N) is 1. The first-order valence-corrected chi connectivity index (χ1v) is 8.41. The molecule has 0 unspecified atom stereocenters. The predicted octanol–water partition coefficient (Wildman–Crippen LogP) is 3.20. The van der Waals surface area contributed by atoms with Crippen molar-refractivity contribution < 1.29 is 0 Å². The third-order valence-electron chi connectivity index (χ3n) is 3.94. The van der Waals surface area contributed by atoms with E-state index in [-0.39, 0.29) is 24.0 Å². The van der Waals surface area contributed by atoms with Gasteiger partial charge in [0.2, 0.25) is 0 Å². The van der Waals surface area contributed by atoms with Gasteiger partial charge in [-0.2, -0.15) is 0 Å². The van der Waals surface area contributed by atoms with Crippen molar-refractivity contribution in [2.75, 3.05) is 6.54 Å². The Hall–Kier alpha value is -2.35. The van der Waals surface area contributed by atoms with Crippen molar-refractivity contribution in [3.63, 3.8) is 0 Å². The van der Waals surface area contributed by atoms with Gasteiger partial charge in [0.1, 0.15) is 0 Å². The molecule has 0 radical (unpaired) electrons. The Bertz CT molecular complexity index is 783. The molecule has 3 N–H and O–H groups in total. The summed E-state index contributed by atoms with van der Waals surface area (Å²) in [7, 11) is 0. The van der Waals surface area contributed by atoms with E-state index < -0.39 is 0 Å². The van der Waals surface area contributed by atoms with E-state index in [0.29, 0.717) is 12.5 Å². The van der Waals surface area contributed by atoms with Crippen LogP contribution in [0.4, 0.5) is 0 Å². The molecule has 0 bridgehead atoms. The van der Waals surface area contributed by atoms with Crippen LogP contribution in [0.1, 0.15) is 16.7 Å². The molecule has 0 spiro atoms. The SMILES string of the molecule is I.NC(=NCc1ccc(Cn2ccnc2)cc1)NCCc1ccccc1. The van der Waals surface area contributed by atoms with Crippen LogP contribution in [-0.4, -0.2) is 22.1 Å². The smallest absolute Gasteiger partial charge is 0.188 e. The Morgan fingerprint density at radius 1 is 1.00 bits per heavy atom. The van der Waals surface area contributed by atoms with Gasteiger partial charge in [-0.25, -0.2) is 9.98 Å². The molecule has 1 aromatic heterocycles. The van der Waals surface area contributed by atoms with E-state index >= 15 is 0 Å². The third kappa shape index (κ3) is 6.51. The van der Waals surface area contributed by atoms with Crippen LogP contribution < -0.4 is 11.1 Å². The Kier molecular flexibility index (Phi) is 8.14. The Morgan fingerprint density at radius 2 is 1.73 bits per heavy atom. The molecule has 0 saturated carbocycles. The van der Waals surface area contributed by atoms with E-state index in [4.69, 9.17) is 5.73 Å². The molecule has 3 aromatic rings. The number of halogens is 1. The molecular weight excluding hydrogens is 437 g/mol. The molecule has 0 fully saturated rings. The highest BCUT2D eigenvalue weighted by molar-refractivity contribution is 14.0. The topological polar surface area (TPSA) is 68.2 Å². The summed E-state index contributed by atoms with van der Waals surface area (Å²) in [5.74, 6) is 0.485. The van der Waals surface area contributed by atoms with Crippen molar-refractivity contribution in [2.24, 2.45) is 10.7 Å². The predicted molar refractivity (Wildman–Crippen MR) is 117 cm³/mol. The van der Waals surface area contributed by atoms with Crippen LogP contribution >= 0.6 is 24.0 Å². The number of aromatic nitrogens is 2. The van der Waals surface area contributed by atoms with Crippen LogP contribution in [0.25, 0.3) is 0 Å². The number of hydrogen-bond acceptors (Lipinski definition) is 2. The molecule has 6 heteroatoms. The van der Waals surface area contributed by atoms with Gasteiger partial charge in [0.15, 0.2) is 5.96 Å². The number of aliphatic imine (C=N–C) groups is 1. The Labute approximate surface area is 171 Å². The fraction of sp³-hybridized carbons (Fsp3) is 0.200. The molecule has 0 aliphatic rings. The van der Waals surface area contributed by atoms with Crippen molar-refractivity contribution in [3.05, 3.63) is 90.0 Å². The highest BCUT2D eigenvalue weighted by Gasteiger charge is 1.97.